The zero-order valence-corrected chi connectivity index (χ0v) is 11.6. The highest BCUT2D eigenvalue weighted by Gasteiger charge is 2.23. The second-order valence-corrected chi connectivity index (χ2v) is 6.44. The Morgan fingerprint density at radius 1 is 1.40 bits per heavy atom. The second kappa shape index (κ2) is 4.18. The molecule has 0 aliphatic heterocycles. The molecule has 0 atom stereocenters. The highest BCUT2D eigenvalue weighted by Crippen LogP contribution is 2.32. The van der Waals surface area contributed by atoms with E-state index in [1.807, 2.05) is 0 Å². The molecule has 0 radical (unpaired) electrons. The van der Waals surface area contributed by atoms with Crippen LogP contribution in [0.2, 0.25) is 0 Å². The van der Waals surface area contributed by atoms with Crippen molar-refractivity contribution in [1.82, 2.24) is 4.98 Å². The van der Waals surface area contributed by atoms with Crippen LogP contribution >= 0.6 is 23.6 Å². The van der Waals surface area contributed by atoms with Gasteiger partial charge in [0.2, 0.25) is 0 Å². The first-order valence-electron chi connectivity index (χ1n) is 5.04. The summed E-state index contributed by atoms with van der Waals surface area (Å²) in [4.78, 5) is 6.09. The molecule has 1 aromatic rings. The van der Waals surface area contributed by atoms with E-state index in [1.165, 1.54) is 0 Å². The van der Waals surface area contributed by atoms with Crippen molar-refractivity contribution in [3.63, 3.8) is 0 Å². The van der Waals surface area contributed by atoms with Crippen molar-refractivity contribution in [3.05, 3.63) is 15.6 Å². The van der Waals surface area contributed by atoms with Crippen molar-refractivity contribution in [2.24, 2.45) is 5.73 Å². The van der Waals surface area contributed by atoms with Crippen LogP contribution in [0.3, 0.4) is 0 Å². The first-order valence-corrected chi connectivity index (χ1v) is 6.27. The summed E-state index contributed by atoms with van der Waals surface area (Å²) in [6, 6.07) is 0. The van der Waals surface area contributed by atoms with E-state index in [1.54, 1.807) is 11.3 Å². The van der Waals surface area contributed by atoms with Gasteiger partial charge in [0.05, 0.1) is 15.6 Å². The summed E-state index contributed by atoms with van der Waals surface area (Å²) in [7, 11) is 0. The first kappa shape index (κ1) is 12.6. The molecule has 0 aliphatic carbocycles. The number of nitrogens with two attached hydrogens (primary N) is 1. The Morgan fingerprint density at radius 3 is 2.20 bits per heavy atom. The third kappa shape index (κ3) is 2.75. The molecular formula is C11H18N2S2. The lowest BCUT2D eigenvalue weighted by Gasteiger charge is -2.13. The molecule has 0 bridgehead atoms. The zero-order valence-electron chi connectivity index (χ0n) is 9.92. The Bertz CT molecular complexity index is 372. The van der Waals surface area contributed by atoms with Crippen LogP contribution in [-0.2, 0) is 5.41 Å². The SMILES string of the molecule is CC(C)c1nc(C(C)(C)C)sc1C(N)=S. The number of nitrogens with zero attached hydrogens (tertiary/aromatic N) is 1. The predicted molar refractivity (Wildman–Crippen MR) is 70.8 cm³/mol. The van der Waals surface area contributed by atoms with Gasteiger partial charge in [-0.3, -0.25) is 0 Å². The van der Waals surface area contributed by atoms with Gasteiger partial charge in [-0.25, -0.2) is 4.98 Å². The van der Waals surface area contributed by atoms with Crippen LogP contribution in [-0.4, -0.2) is 9.97 Å². The molecule has 1 heterocycles. The van der Waals surface area contributed by atoms with Crippen molar-refractivity contribution in [3.8, 4) is 0 Å². The maximum Gasteiger partial charge on any atom is 0.116 e. The summed E-state index contributed by atoms with van der Waals surface area (Å²) in [6.07, 6.45) is 0. The minimum Gasteiger partial charge on any atom is -0.389 e. The van der Waals surface area contributed by atoms with Crippen LogP contribution < -0.4 is 5.73 Å². The molecule has 2 nitrogen and oxygen atoms in total. The largest absolute Gasteiger partial charge is 0.389 e. The summed E-state index contributed by atoms with van der Waals surface area (Å²) in [6.45, 7) is 10.7. The fourth-order valence-electron chi connectivity index (χ4n) is 1.22. The van der Waals surface area contributed by atoms with Crippen molar-refractivity contribution < 1.29 is 0 Å². The quantitative estimate of drug-likeness (QED) is 0.809. The van der Waals surface area contributed by atoms with Crippen molar-refractivity contribution in [2.75, 3.05) is 0 Å². The zero-order chi connectivity index (χ0) is 11.8. The molecule has 1 aromatic heterocycles. The van der Waals surface area contributed by atoms with E-state index < -0.39 is 0 Å². The topological polar surface area (TPSA) is 38.9 Å². The Kier molecular flexibility index (Phi) is 3.51. The van der Waals surface area contributed by atoms with E-state index >= 15 is 0 Å². The van der Waals surface area contributed by atoms with Gasteiger partial charge in [-0.1, -0.05) is 46.8 Å². The van der Waals surface area contributed by atoms with E-state index in [4.69, 9.17) is 18.0 Å². The molecular weight excluding hydrogens is 224 g/mol. The number of thiocarbonyl (C=S) groups is 1. The molecule has 0 unspecified atom stereocenters. The van der Waals surface area contributed by atoms with E-state index in [0.717, 1.165) is 15.6 Å². The van der Waals surface area contributed by atoms with Crippen LogP contribution in [0.15, 0.2) is 0 Å². The molecule has 84 valence electrons. The van der Waals surface area contributed by atoms with E-state index in [-0.39, 0.29) is 5.41 Å². The van der Waals surface area contributed by atoms with E-state index in [9.17, 15) is 0 Å². The van der Waals surface area contributed by atoms with Crippen LogP contribution in [0.5, 0.6) is 0 Å². The Hall–Kier alpha value is -0.480. The normalized spacial score (nSPS) is 12.1. The van der Waals surface area contributed by atoms with Crippen LogP contribution in [0, 0.1) is 0 Å². The van der Waals surface area contributed by atoms with Crippen LogP contribution in [0.4, 0.5) is 0 Å². The lowest BCUT2D eigenvalue weighted by Crippen LogP contribution is -2.11. The van der Waals surface area contributed by atoms with Gasteiger partial charge >= 0.3 is 0 Å². The summed E-state index contributed by atoms with van der Waals surface area (Å²) in [5, 5.41) is 1.11. The summed E-state index contributed by atoms with van der Waals surface area (Å²) in [5.41, 5.74) is 6.82. The average Bonchev–Trinajstić information content (AvgIpc) is 2.45. The minimum atomic E-state index is 0.0668. The highest BCUT2D eigenvalue weighted by atomic mass is 32.1. The standard InChI is InChI=1S/C11H18N2S2/c1-6(2)7-8(9(12)14)15-10(13-7)11(3,4)5/h6H,1-5H3,(H2,12,14). The molecule has 0 fully saturated rings. The van der Waals surface area contributed by atoms with Crippen LogP contribution in [0.1, 0.15) is 56.1 Å². The minimum absolute atomic E-state index is 0.0668. The van der Waals surface area contributed by atoms with Crippen molar-refractivity contribution >= 4 is 28.5 Å². The van der Waals surface area contributed by atoms with Crippen LogP contribution in [0.25, 0.3) is 0 Å². The maximum absolute atomic E-state index is 5.71. The van der Waals surface area contributed by atoms with Gasteiger partial charge in [-0.2, -0.15) is 0 Å². The summed E-state index contributed by atoms with van der Waals surface area (Å²) in [5.74, 6) is 0.369. The number of rotatable bonds is 2. The molecule has 0 amide bonds. The Labute approximate surface area is 101 Å². The molecule has 1 rings (SSSR count). The molecule has 0 saturated heterocycles. The molecule has 4 heteroatoms. The predicted octanol–water partition coefficient (Wildman–Crippen LogP) is 3.20. The molecule has 15 heavy (non-hydrogen) atoms. The monoisotopic (exact) mass is 242 g/mol. The molecule has 0 aromatic carbocycles. The summed E-state index contributed by atoms with van der Waals surface area (Å²) >= 11 is 6.68. The molecule has 0 spiro atoms. The van der Waals surface area contributed by atoms with Gasteiger partial charge in [0.1, 0.15) is 4.99 Å². The van der Waals surface area contributed by atoms with Gasteiger partial charge in [0.25, 0.3) is 0 Å². The fraction of sp³-hybridized carbons (Fsp3) is 0.636. The van der Waals surface area contributed by atoms with Gasteiger partial charge in [-0.15, -0.1) is 11.3 Å². The smallest absolute Gasteiger partial charge is 0.116 e. The van der Waals surface area contributed by atoms with Crippen molar-refractivity contribution in [1.29, 1.82) is 0 Å². The maximum atomic E-state index is 5.71. The molecule has 0 aliphatic rings. The number of aromatic nitrogens is 1. The van der Waals surface area contributed by atoms with Gasteiger partial charge in [-0.05, 0) is 5.92 Å². The lowest BCUT2D eigenvalue weighted by atomic mass is 9.98. The second-order valence-electron chi connectivity index (χ2n) is 5.00. The third-order valence-electron chi connectivity index (χ3n) is 2.07. The fourth-order valence-corrected chi connectivity index (χ4v) is 2.58. The number of hydrogen-bond acceptors (Lipinski definition) is 3. The Morgan fingerprint density at radius 2 is 1.93 bits per heavy atom. The van der Waals surface area contributed by atoms with Gasteiger partial charge in [0, 0.05) is 5.41 Å². The third-order valence-corrected chi connectivity index (χ3v) is 3.93. The Balaban J connectivity index is 3.28. The average molecular weight is 242 g/mol. The number of thiazole rings is 1. The number of hydrogen-bond donors (Lipinski definition) is 1. The van der Waals surface area contributed by atoms with Gasteiger partial charge < -0.3 is 5.73 Å². The van der Waals surface area contributed by atoms with Crippen molar-refractivity contribution in [2.45, 2.75) is 46.0 Å². The van der Waals surface area contributed by atoms with E-state index in [2.05, 4.69) is 39.6 Å². The molecule has 2 N–H and O–H groups in total. The summed E-state index contributed by atoms with van der Waals surface area (Å²) < 4.78 is 0. The van der Waals surface area contributed by atoms with Gasteiger partial charge in [0.15, 0.2) is 0 Å². The van der Waals surface area contributed by atoms with E-state index in [0.29, 0.717) is 10.9 Å². The molecule has 0 saturated carbocycles. The lowest BCUT2D eigenvalue weighted by molar-refractivity contribution is 0.581. The highest BCUT2D eigenvalue weighted by molar-refractivity contribution is 7.81. The first-order chi connectivity index (χ1) is 6.73.